The van der Waals surface area contributed by atoms with Gasteiger partial charge in [-0.05, 0) is 71.2 Å². The Hall–Kier alpha value is -4.25. The maximum absolute atomic E-state index is 14.2. The molecule has 0 aromatic heterocycles. The number of nitrogens with one attached hydrogen (secondary N) is 1. The zero-order valence-corrected chi connectivity index (χ0v) is 26.4. The molecule has 2 aromatic carbocycles. The van der Waals surface area contributed by atoms with Crippen LogP contribution in [0.15, 0.2) is 48.5 Å². The first-order valence-corrected chi connectivity index (χ1v) is 14.9. The fraction of sp³-hybridized carbons (Fsp3) is 0.485. The van der Waals surface area contributed by atoms with E-state index in [0.717, 1.165) is 0 Å². The second-order valence-electron chi connectivity index (χ2n) is 12.0. The molecule has 1 heterocycles. The number of nitrogens with two attached hydrogens (primary N) is 1. The highest BCUT2D eigenvalue weighted by atomic mass is 16.6. The molecule has 3 amide bonds. The van der Waals surface area contributed by atoms with Crippen molar-refractivity contribution >= 4 is 35.3 Å². The largest absolute Gasteiger partial charge is 0.466 e. The summed E-state index contributed by atoms with van der Waals surface area (Å²) in [5.41, 5.74) is 7.37. The van der Waals surface area contributed by atoms with Gasteiger partial charge in [-0.2, -0.15) is 0 Å². The highest BCUT2D eigenvalue weighted by Gasteiger charge is 2.38. The third-order valence-corrected chi connectivity index (χ3v) is 7.00. The molecule has 1 aliphatic heterocycles. The van der Waals surface area contributed by atoms with Crippen LogP contribution in [-0.4, -0.2) is 71.9 Å². The summed E-state index contributed by atoms with van der Waals surface area (Å²) in [5.74, 6) is -2.07. The smallest absolute Gasteiger partial charge is 0.325 e. The van der Waals surface area contributed by atoms with E-state index in [4.69, 9.17) is 15.2 Å². The average molecular weight is 609 g/mol. The maximum Gasteiger partial charge on any atom is 0.325 e. The van der Waals surface area contributed by atoms with Crippen LogP contribution in [0.4, 0.5) is 5.69 Å². The van der Waals surface area contributed by atoms with Crippen molar-refractivity contribution in [1.82, 2.24) is 10.2 Å². The van der Waals surface area contributed by atoms with Crippen LogP contribution in [0.3, 0.4) is 0 Å². The van der Waals surface area contributed by atoms with Gasteiger partial charge in [-0.15, -0.1) is 0 Å². The Morgan fingerprint density at radius 2 is 1.73 bits per heavy atom. The number of benzene rings is 2. The molecule has 0 bridgehead atoms. The van der Waals surface area contributed by atoms with Crippen molar-refractivity contribution < 1.29 is 33.4 Å². The van der Waals surface area contributed by atoms with Crippen LogP contribution in [0.1, 0.15) is 81.9 Å². The number of hydrogen-bond acceptors (Lipinski definition) is 8. The average Bonchev–Trinajstić information content (AvgIpc) is 3.06. The molecule has 44 heavy (non-hydrogen) atoms. The second-order valence-corrected chi connectivity index (χ2v) is 12.0. The summed E-state index contributed by atoms with van der Waals surface area (Å²) in [6, 6.07) is 12.4. The molecular weight excluding hydrogens is 564 g/mol. The monoisotopic (exact) mass is 608 g/mol. The quantitative estimate of drug-likeness (QED) is 0.349. The molecule has 2 atom stereocenters. The summed E-state index contributed by atoms with van der Waals surface area (Å²) in [6.45, 7) is 10.6. The van der Waals surface area contributed by atoms with Crippen molar-refractivity contribution in [3.8, 4) is 0 Å². The number of rotatable bonds is 12. The molecule has 0 saturated heterocycles. The molecule has 238 valence electrons. The summed E-state index contributed by atoms with van der Waals surface area (Å²) in [7, 11) is 0. The number of hydrogen-bond donors (Lipinski definition) is 2. The van der Waals surface area contributed by atoms with Gasteiger partial charge in [-0.25, -0.2) is 0 Å². The number of ether oxygens (including phenoxy) is 2. The Morgan fingerprint density at radius 3 is 2.34 bits per heavy atom. The van der Waals surface area contributed by atoms with Crippen LogP contribution in [-0.2, 0) is 35.1 Å². The lowest BCUT2D eigenvalue weighted by molar-refractivity contribution is -0.156. The van der Waals surface area contributed by atoms with Crippen LogP contribution in [0.2, 0.25) is 0 Å². The number of carbonyl (C=O) groups excluding carboxylic acids is 5. The number of carbonyl (C=O) groups is 5. The molecule has 0 saturated carbocycles. The predicted octanol–water partition coefficient (Wildman–Crippen LogP) is 3.30. The number of anilines is 1. The summed E-state index contributed by atoms with van der Waals surface area (Å²) in [5, 5.41) is 2.66. The van der Waals surface area contributed by atoms with Crippen molar-refractivity contribution in [3.63, 3.8) is 0 Å². The van der Waals surface area contributed by atoms with Crippen molar-refractivity contribution in [1.29, 1.82) is 0 Å². The van der Waals surface area contributed by atoms with Gasteiger partial charge < -0.3 is 30.3 Å². The molecule has 3 N–H and O–H groups in total. The van der Waals surface area contributed by atoms with Gasteiger partial charge in [0.1, 0.15) is 18.2 Å². The standard InChI is InChI=1S/C33H44N4O7/c1-7-43-30(40)18-27(23-11-9-8-10-12-23)36-20-29(39)37(21(2)3)26-15-13-22(17-24(26)31(36)41)14-16-28(38)35-19-25(34)32(42)44-33(4,5)6/h8-13,15,17,21,25,27H,7,14,16,18-20,34H2,1-6H3,(H,35,38). The molecule has 0 aliphatic carbocycles. The molecule has 11 heteroatoms. The van der Waals surface area contributed by atoms with Crippen molar-refractivity contribution in [3.05, 3.63) is 65.2 Å². The third-order valence-electron chi connectivity index (χ3n) is 7.00. The lowest BCUT2D eigenvalue weighted by atomic mass is 9.99. The molecule has 0 spiro atoms. The van der Waals surface area contributed by atoms with E-state index in [0.29, 0.717) is 28.8 Å². The zero-order chi connectivity index (χ0) is 32.6. The van der Waals surface area contributed by atoms with Crippen LogP contribution in [0, 0.1) is 0 Å². The lowest BCUT2D eigenvalue weighted by Crippen LogP contribution is -2.45. The zero-order valence-electron chi connectivity index (χ0n) is 26.4. The number of aryl methyl sites for hydroxylation is 1. The minimum absolute atomic E-state index is 0.0712. The third kappa shape index (κ3) is 9.12. The number of amides is 3. The molecule has 1 aliphatic rings. The fourth-order valence-corrected chi connectivity index (χ4v) is 5.01. The molecule has 2 unspecified atom stereocenters. The SMILES string of the molecule is CCOC(=O)CC(c1ccccc1)N1CC(=O)N(C(C)C)c2ccc(CCC(=O)NCC(N)C(=O)OC(C)(C)C)cc2C1=O. The number of fused-ring (bicyclic) bond motifs is 1. The van der Waals surface area contributed by atoms with Gasteiger partial charge in [0.05, 0.1) is 30.3 Å². The van der Waals surface area contributed by atoms with Gasteiger partial charge in [0.25, 0.3) is 5.91 Å². The van der Waals surface area contributed by atoms with E-state index in [-0.39, 0.29) is 50.4 Å². The highest BCUT2D eigenvalue weighted by molar-refractivity contribution is 6.10. The van der Waals surface area contributed by atoms with Crippen LogP contribution >= 0.6 is 0 Å². The van der Waals surface area contributed by atoms with Crippen molar-refractivity contribution in [2.45, 2.75) is 84.5 Å². The number of nitrogens with zero attached hydrogens (tertiary/aromatic N) is 2. The molecule has 11 nitrogen and oxygen atoms in total. The molecule has 3 rings (SSSR count). The van der Waals surface area contributed by atoms with E-state index in [2.05, 4.69) is 5.32 Å². The predicted molar refractivity (Wildman–Crippen MR) is 166 cm³/mol. The first-order chi connectivity index (χ1) is 20.7. The molecule has 2 aromatic rings. The van der Waals surface area contributed by atoms with Crippen LogP contribution in [0.25, 0.3) is 0 Å². The lowest BCUT2D eigenvalue weighted by Gasteiger charge is -2.31. The van der Waals surface area contributed by atoms with E-state index < -0.39 is 35.5 Å². The minimum Gasteiger partial charge on any atom is -0.466 e. The van der Waals surface area contributed by atoms with Gasteiger partial charge >= 0.3 is 11.9 Å². The van der Waals surface area contributed by atoms with Gasteiger partial charge in [0, 0.05) is 19.0 Å². The Morgan fingerprint density at radius 1 is 1.05 bits per heavy atom. The summed E-state index contributed by atoms with van der Waals surface area (Å²) in [4.78, 5) is 68.1. The summed E-state index contributed by atoms with van der Waals surface area (Å²) < 4.78 is 10.5. The molecule has 0 radical (unpaired) electrons. The Kier molecular flexibility index (Phi) is 11.6. The molecular formula is C33H44N4O7. The van der Waals surface area contributed by atoms with Crippen LogP contribution < -0.4 is 16.0 Å². The Bertz CT molecular complexity index is 1350. The highest BCUT2D eigenvalue weighted by Crippen LogP contribution is 2.34. The van der Waals surface area contributed by atoms with Crippen molar-refractivity contribution in [2.75, 3.05) is 24.6 Å². The normalized spacial score (nSPS) is 14.9. The number of esters is 2. The topological polar surface area (TPSA) is 148 Å². The first-order valence-electron chi connectivity index (χ1n) is 14.9. The van der Waals surface area contributed by atoms with Gasteiger partial charge in [0.15, 0.2) is 0 Å². The van der Waals surface area contributed by atoms with E-state index in [1.54, 1.807) is 50.8 Å². The maximum atomic E-state index is 14.2. The van der Waals surface area contributed by atoms with E-state index in [9.17, 15) is 24.0 Å². The van der Waals surface area contributed by atoms with Gasteiger partial charge in [-0.3, -0.25) is 24.0 Å². The second kappa shape index (κ2) is 15.0. The van der Waals surface area contributed by atoms with Crippen LogP contribution in [0.5, 0.6) is 0 Å². The van der Waals surface area contributed by atoms with Crippen molar-refractivity contribution in [2.24, 2.45) is 5.73 Å². The molecule has 0 fully saturated rings. The first kappa shape index (κ1) is 34.2. The van der Waals surface area contributed by atoms with Gasteiger partial charge in [0.2, 0.25) is 11.8 Å². The minimum atomic E-state index is -0.999. The Labute approximate surface area is 259 Å². The fourth-order valence-electron chi connectivity index (χ4n) is 5.01. The summed E-state index contributed by atoms with van der Waals surface area (Å²) >= 11 is 0. The van der Waals surface area contributed by atoms with Gasteiger partial charge in [-0.1, -0.05) is 36.4 Å². The van der Waals surface area contributed by atoms with E-state index in [1.165, 1.54) is 4.90 Å². The summed E-state index contributed by atoms with van der Waals surface area (Å²) in [6.07, 6.45) is 0.272. The van der Waals surface area contributed by atoms with E-state index in [1.807, 2.05) is 44.2 Å². The Balaban J connectivity index is 1.85. The van der Waals surface area contributed by atoms with E-state index >= 15 is 0 Å².